The second-order valence-electron chi connectivity index (χ2n) is 11.0. The third kappa shape index (κ3) is 8.61. The molecule has 0 bridgehead atoms. The summed E-state index contributed by atoms with van der Waals surface area (Å²) >= 11 is 3.32. The van der Waals surface area contributed by atoms with Crippen LogP contribution in [0.25, 0.3) is 6.08 Å². The van der Waals surface area contributed by atoms with Gasteiger partial charge in [0.15, 0.2) is 34.4 Å². The molecule has 0 aliphatic carbocycles. The van der Waals surface area contributed by atoms with Gasteiger partial charge in [-0.3, -0.25) is 9.36 Å². The molecule has 51 heavy (non-hydrogen) atoms. The highest BCUT2D eigenvalue weighted by atomic mass is 127. The maximum atomic E-state index is 14.3. The van der Waals surface area contributed by atoms with Gasteiger partial charge in [-0.05, 0) is 109 Å². The number of hydrogen-bond acceptors (Lipinski definition) is 11. The number of rotatable bonds is 14. The van der Waals surface area contributed by atoms with Crippen LogP contribution in [0.4, 0.5) is 4.39 Å². The van der Waals surface area contributed by atoms with E-state index in [-0.39, 0.29) is 43.4 Å². The molecule has 5 rings (SSSR count). The smallest absolute Gasteiger partial charge is 0.343 e. The predicted octanol–water partition coefficient (Wildman–Crippen LogP) is 5.47. The summed E-state index contributed by atoms with van der Waals surface area (Å²) in [6, 6.07) is 13.9. The third-order valence-corrected chi connectivity index (χ3v) is 9.36. The van der Waals surface area contributed by atoms with Gasteiger partial charge >= 0.3 is 11.9 Å². The van der Waals surface area contributed by atoms with E-state index in [0.29, 0.717) is 61.3 Å². The van der Waals surface area contributed by atoms with E-state index in [9.17, 15) is 18.8 Å². The number of nitrogens with zero attached hydrogens (tertiary/aromatic N) is 2. The standard InChI is InChI=1S/C37H36FIN2O9S/c1-6-46-28-18-24(12-13-27(28)49-20-31(42)45-5)33-32(36(44)48-8-3)21(4)40-37-41(33)35(43)30(51-37)17-23-15-26(39)34(29(16-23)47-7-2)50-19-22-10-9-11-25(38)14-22/h9-18,33H,6-8,19-20H2,1-5H3/b30-17-/t33-/m0/s1. The van der Waals surface area contributed by atoms with E-state index >= 15 is 0 Å². The molecule has 4 aromatic rings. The van der Waals surface area contributed by atoms with Gasteiger partial charge in [0.25, 0.3) is 5.56 Å². The van der Waals surface area contributed by atoms with Gasteiger partial charge in [-0.15, -0.1) is 0 Å². The second-order valence-corrected chi connectivity index (χ2v) is 13.2. The summed E-state index contributed by atoms with van der Waals surface area (Å²) in [4.78, 5) is 44.5. The van der Waals surface area contributed by atoms with E-state index in [1.165, 1.54) is 35.1 Å². The Balaban J connectivity index is 1.60. The van der Waals surface area contributed by atoms with Crippen molar-refractivity contribution in [3.8, 4) is 23.0 Å². The molecule has 0 amide bonds. The predicted molar refractivity (Wildman–Crippen MR) is 197 cm³/mol. The molecule has 268 valence electrons. The van der Waals surface area contributed by atoms with Crippen LogP contribution >= 0.6 is 33.9 Å². The van der Waals surface area contributed by atoms with Crippen molar-refractivity contribution in [2.24, 2.45) is 4.99 Å². The Morgan fingerprint density at radius 2 is 1.73 bits per heavy atom. The van der Waals surface area contributed by atoms with E-state index in [4.69, 9.17) is 23.7 Å². The first-order valence-corrected chi connectivity index (χ1v) is 18.0. The molecular formula is C37H36FIN2O9S. The van der Waals surface area contributed by atoms with Crippen molar-refractivity contribution in [1.29, 1.82) is 0 Å². The van der Waals surface area contributed by atoms with Crippen LogP contribution in [0.2, 0.25) is 0 Å². The van der Waals surface area contributed by atoms with Crippen LogP contribution in [-0.2, 0) is 25.7 Å². The van der Waals surface area contributed by atoms with Crippen LogP contribution in [0.15, 0.2) is 75.7 Å². The second kappa shape index (κ2) is 17.0. The highest BCUT2D eigenvalue weighted by molar-refractivity contribution is 14.1. The minimum Gasteiger partial charge on any atom is -0.490 e. The van der Waals surface area contributed by atoms with Gasteiger partial charge < -0.3 is 28.4 Å². The van der Waals surface area contributed by atoms with Crippen molar-refractivity contribution >= 4 is 51.9 Å². The van der Waals surface area contributed by atoms with Gasteiger partial charge in [0.05, 0.1) is 52.3 Å². The van der Waals surface area contributed by atoms with Crippen LogP contribution in [0.1, 0.15) is 50.4 Å². The molecule has 0 spiro atoms. The SMILES string of the molecule is CCOC(=O)C1=C(C)N=c2s/c(=C\c3cc(I)c(OCc4cccc(F)c4)c(OCC)c3)c(=O)n2[C@H]1c1ccc(OCC(=O)OC)c(OCC)c1. The maximum absolute atomic E-state index is 14.3. The molecule has 0 unspecified atom stereocenters. The molecular weight excluding hydrogens is 794 g/mol. The molecule has 0 saturated carbocycles. The number of aromatic nitrogens is 1. The zero-order valence-corrected chi connectivity index (χ0v) is 31.6. The Hall–Kier alpha value is -4.70. The monoisotopic (exact) mass is 830 g/mol. The molecule has 11 nitrogen and oxygen atoms in total. The van der Waals surface area contributed by atoms with Crippen molar-refractivity contribution in [1.82, 2.24) is 4.57 Å². The number of halogens is 2. The van der Waals surface area contributed by atoms with Crippen LogP contribution in [0.3, 0.4) is 0 Å². The average Bonchev–Trinajstić information content (AvgIpc) is 3.40. The van der Waals surface area contributed by atoms with E-state index in [0.717, 1.165) is 3.57 Å². The summed E-state index contributed by atoms with van der Waals surface area (Å²) in [5, 5.41) is 0. The summed E-state index contributed by atoms with van der Waals surface area (Å²) in [5.41, 5.74) is 2.12. The number of allylic oxidation sites excluding steroid dienone is 1. The van der Waals surface area contributed by atoms with Crippen LogP contribution in [0.5, 0.6) is 23.0 Å². The largest absolute Gasteiger partial charge is 0.490 e. The van der Waals surface area contributed by atoms with Crippen LogP contribution < -0.4 is 33.8 Å². The molecule has 2 heterocycles. The van der Waals surface area contributed by atoms with Crippen molar-refractivity contribution in [2.75, 3.05) is 33.5 Å². The molecule has 3 aromatic carbocycles. The maximum Gasteiger partial charge on any atom is 0.343 e. The summed E-state index contributed by atoms with van der Waals surface area (Å²) in [6.45, 7) is 7.64. The number of methoxy groups -OCH3 is 1. The van der Waals surface area contributed by atoms with Crippen molar-refractivity contribution in [3.63, 3.8) is 0 Å². The van der Waals surface area contributed by atoms with E-state index in [2.05, 4.69) is 32.3 Å². The molecule has 1 aromatic heterocycles. The summed E-state index contributed by atoms with van der Waals surface area (Å²) in [7, 11) is 1.26. The Kier molecular flexibility index (Phi) is 12.5. The first kappa shape index (κ1) is 37.6. The van der Waals surface area contributed by atoms with Gasteiger partial charge in [0.1, 0.15) is 12.4 Å². The highest BCUT2D eigenvalue weighted by Crippen LogP contribution is 2.37. The fourth-order valence-electron chi connectivity index (χ4n) is 5.39. The minimum absolute atomic E-state index is 0.125. The third-order valence-electron chi connectivity index (χ3n) is 7.58. The van der Waals surface area contributed by atoms with Gasteiger partial charge in [-0.25, -0.2) is 19.0 Å². The fourth-order valence-corrected chi connectivity index (χ4v) is 7.22. The van der Waals surface area contributed by atoms with Crippen molar-refractivity contribution in [2.45, 2.75) is 40.3 Å². The first-order valence-electron chi connectivity index (χ1n) is 16.1. The van der Waals surface area contributed by atoms with Gasteiger partial charge in [0.2, 0.25) is 0 Å². The van der Waals surface area contributed by atoms with Crippen LogP contribution in [0, 0.1) is 9.39 Å². The molecule has 14 heteroatoms. The lowest BCUT2D eigenvalue weighted by Gasteiger charge is -2.25. The Labute approximate surface area is 311 Å². The molecule has 0 radical (unpaired) electrons. The first-order chi connectivity index (χ1) is 24.6. The van der Waals surface area contributed by atoms with E-state index in [1.807, 2.05) is 13.0 Å². The molecule has 1 atom stereocenters. The average molecular weight is 831 g/mol. The Morgan fingerprint density at radius 3 is 2.43 bits per heavy atom. The van der Waals surface area contributed by atoms with Gasteiger partial charge in [-0.1, -0.05) is 29.5 Å². The van der Waals surface area contributed by atoms with Gasteiger partial charge in [0, 0.05) is 0 Å². The van der Waals surface area contributed by atoms with Gasteiger partial charge in [-0.2, -0.15) is 0 Å². The topological polar surface area (TPSA) is 124 Å². The number of esters is 2. The minimum atomic E-state index is -0.908. The molecule has 1 aliphatic heterocycles. The molecule has 1 aliphatic rings. The lowest BCUT2D eigenvalue weighted by Crippen LogP contribution is -2.40. The lowest BCUT2D eigenvalue weighted by atomic mass is 9.95. The zero-order valence-electron chi connectivity index (χ0n) is 28.6. The molecule has 0 fully saturated rings. The number of benzene rings is 3. The Bertz CT molecular complexity index is 2160. The number of thiazole rings is 1. The molecule has 0 saturated heterocycles. The number of carbonyl (C=O) groups excluding carboxylic acids is 2. The summed E-state index contributed by atoms with van der Waals surface area (Å²) in [5.74, 6) is 0.0558. The lowest BCUT2D eigenvalue weighted by molar-refractivity contribution is -0.143. The van der Waals surface area contributed by atoms with Crippen molar-refractivity contribution in [3.05, 3.63) is 112 Å². The normalized spacial score (nSPS) is 14.0. The Morgan fingerprint density at radius 1 is 0.961 bits per heavy atom. The highest BCUT2D eigenvalue weighted by Gasteiger charge is 2.34. The fraction of sp³-hybridized carbons (Fsp3) is 0.297. The number of fused-ring (bicyclic) bond motifs is 1. The number of ether oxygens (including phenoxy) is 6. The quantitative estimate of drug-likeness (QED) is 0.120. The van der Waals surface area contributed by atoms with Crippen molar-refractivity contribution < 1.29 is 42.4 Å². The van der Waals surface area contributed by atoms with E-state index < -0.39 is 18.0 Å². The summed E-state index contributed by atoms with van der Waals surface area (Å²) in [6.07, 6.45) is 1.74. The number of hydrogen-bond donors (Lipinski definition) is 0. The molecule has 0 N–H and O–H groups in total. The van der Waals surface area contributed by atoms with Crippen LogP contribution in [-0.4, -0.2) is 50.0 Å². The van der Waals surface area contributed by atoms with E-state index in [1.54, 1.807) is 63.2 Å². The number of carbonyl (C=O) groups is 2. The zero-order chi connectivity index (χ0) is 36.7. The summed E-state index contributed by atoms with van der Waals surface area (Å²) < 4.78 is 49.9.